The van der Waals surface area contributed by atoms with Crippen LogP contribution in [0.5, 0.6) is 0 Å². The van der Waals surface area contributed by atoms with Crippen LogP contribution in [0.3, 0.4) is 0 Å². The van der Waals surface area contributed by atoms with Crippen molar-refractivity contribution in [2.75, 3.05) is 37.6 Å². The topological polar surface area (TPSA) is 80.5 Å². The lowest BCUT2D eigenvalue weighted by atomic mass is 9.99. The van der Waals surface area contributed by atoms with Gasteiger partial charge in [-0.05, 0) is 29.8 Å². The van der Waals surface area contributed by atoms with Crippen LogP contribution in [-0.4, -0.2) is 65.4 Å². The van der Waals surface area contributed by atoms with Gasteiger partial charge in [0.05, 0.1) is 11.6 Å². The summed E-state index contributed by atoms with van der Waals surface area (Å²) < 4.78 is 14.5. The van der Waals surface area contributed by atoms with E-state index < -0.39 is 5.82 Å². The van der Waals surface area contributed by atoms with E-state index in [1.54, 1.807) is 40.7 Å². The molecule has 2 aliphatic rings. The lowest BCUT2D eigenvalue weighted by Crippen LogP contribution is -2.52. The van der Waals surface area contributed by atoms with Crippen molar-refractivity contribution in [1.82, 2.24) is 14.8 Å². The van der Waals surface area contributed by atoms with Crippen molar-refractivity contribution in [3.05, 3.63) is 70.4 Å². The van der Waals surface area contributed by atoms with Crippen molar-refractivity contribution in [3.63, 3.8) is 0 Å². The van der Waals surface area contributed by atoms with Crippen LogP contribution in [0.1, 0.15) is 21.8 Å². The summed E-state index contributed by atoms with van der Waals surface area (Å²) >= 11 is 1.34. The summed E-state index contributed by atoms with van der Waals surface area (Å²) in [6.45, 7) is 3.13. The number of nitriles is 1. The van der Waals surface area contributed by atoms with Crippen LogP contribution in [0.25, 0.3) is 11.1 Å². The van der Waals surface area contributed by atoms with Gasteiger partial charge in [0.1, 0.15) is 5.82 Å². The summed E-state index contributed by atoms with van der Waals surface area (Å²) in [6, 6.07) is 13.7. The van der Waals surface area contributed by atoms with Crippen LogP contribution < -0.4 is 4.90 Å². The number of halogens is 1. The number of benzene rings is 2. The van der Waals surface area contributed by atoms with E-state index in [9.17, 15) is 19.2 Å². The summed E-state index contributed by atoms with van der Waals surface area (Å²) in [5.74, 6) is -0.495. The maximum absolute atomic E-state index is 14.5. The van der Waals surface area contributed by atoms with E-state index >= 15 is 0 Å². The number of aromatic nitrogens is 1. The van der Waals surface area contributed by atoms with Gasteiger partial charge in [-0.25, -0.2) is 9.37 Å². The van der Waals surface area contributed by atoms with Gasteiger partial charge < -0.3 is 9.80 Å². The van der Waals surface area contributed by atoms with Crippen molar-refractivity contribution in [2.24, 2.45) is 0 Å². The van der Waals surface area contributed by atoms with Crippen LogP contribution in [0.15, 0.2) is 54.0 Å². The van der Waals surface area contributed by atoms with Gasteiger partial charge in [-0.2, -0.15) is 5.26 Å². The van der Waals surface area contributed by atoms with Gasteiger partial charge in [0.2, 0.25) is 5.91 Å². The Morgan fingerprint density at radius 3 is 2.68 bits per heavy atom. The molecule has 0 radical (unpaired) electrons. The first-order chi connectivity index (χ1) is 16.5. The number of carbonyl (C=O) groups excluding carboxylic acids is 2. The largest absolute Gasteiger partial charge is 0.334 e. The number of thiazole rings is 1. The molecule has 5 rings (SSSR count). The van der Waals surface area contributed by atoms with E-state index in [1.165, 1.54) is 23.5 Å². The van der Waals surface area contributed by atoms with Crippen molar-refractivity contribution in [1.29, 1.82) is 5.26 Å². The minimum atomic E-state index is -0.466. The molecular formula is C25H22FN5O2S. The third kappa shape index (κ3) is 4.18. The fourth-order valence-electron chi connectivity index (χ4n) is 4.68. The predicted molar refractivity (Wildman–Crippen MR) is 127 cm³/mol. The molecule has 2 aromatic carbocycles. The lowest BCUT2D eigenvalue weighted by molar-refractivity contribution is -0.117. The third-order valence-electron chi connectivity index (χ3n) is 6.42. The standard InChI is InChI=1S/C25H22FN5O2S/c26-21-6-2-4-18(15-27)23(21)17-3-1-5-19(13-17)31-16-20(14-22(31)32)29-8-10-30(11-9-29)25(33)24-28-7-12-34-24/h1-7,12-13,20H,8-11,14,16H2. The first kappa shape index (κ1) is 22.2. The Balaban J connectivity index is 1.28. The molecule has 34 heavy (non-hydrogen) atoms. The molecule has 9 heteroatoms. The quantitative estimate of drug-likeness (QED) is 0.578. The van der Waals surface area contributed by atoms with Gasteiger partial charge in [0, 0.05) is 68.0 Å². The van der Waals surface area contributed by atoms with Gasteiger partial charge in [0.25, 0.3) is 5.91 Å². The normalized spacial score (nSPS) is 18.8. The third-order valence-corrected chi connectivity index (χ3v) is 7.18. The number of piperazine rings is 1. The summed E-state index contributed by atoms with van der Waals surface area (Å²) in [6.07, 6.45) is 2.03. The fourth-order valence-corrected chi connectivity index (χ4v) is 5.28. The molecule has 1 atom stereocenters. The van der Waals surface area contributed by atoms with Gasteiger partial charge in [-0.3, -0.25) is 14.5 Å². The number of anilines is 1. The molecule has 3 aromatic rings. The monoisotopic (exact) mass is 475 g/mol. The molecule has 1 aromatic heterocycles. The average Bonchev–Trinajstić information content (AvgIpc) is 3.54. The zero-order valence-corrected chi connectivity index (χ0v) is 19.2. The Bertz CT molecular complexity index is 1260. The molecule has 0 bridgehead atoms. The Hall–Kier alpha value is -3.61. The van der Waals surface area contributed by atoms with Crippen molar-refractivity contribution < 1.29 is 14.0 Å². The van der Waals surface area contributed by atoms with E-state index in [2.05, 4.69) is 9.88 Å². The maximum atomic E-state index is 14.5. The maximum Gasteiger partial charge on any atom is 0.282 e. The molecule has 0 spiro atoms. The number of rotatable bonds is 4. The van der Waals surface area contributed by atoms with Crippen LogP contribution in [0, 0.1) is 17.1 Å². The van der Waals surface area contributed by atoms with Gasteiger partial charge >= 0.3 is 0 Å². The second-order valence-corrected chi connectivity index (χ2v) is 9.25. The van der Waals surface area contributed by atoms with Crippen molar-refractivity contribution in [3.8, 4) is 17.2 Å². The zero-order valence-electron chi connectivity index (χ0n) is 18.4. The Morgan fingerprint density at radius 2 is 1.94 bits per heavy atom. The highest BCUT2D eigenvalue weighted by Crippen LogP contribution is 2.32. The van der Waals surface area contributed by atoms with E-state index in [0.717, 1.165) is 0 Å². The SMILES string of the molecule is N#Cc1cccc(F)c1-c1cccc(N2CC(N3CCN(C(=O)c4nccs4)CC3)CC2=O)c1. The first-order valence-corrected chi connectivity index (χ1v) is 12.0. The smallest absolute Gasteiger partial charge is 0.282 e. The summed E-state index contributed by atoms with van der Waals surface area (Å²) in [4.78, 5) is 35.4. The molecule has 7 nitrogen and oxygen atoms in total. The van der Waals surface area contributed by atoms with Crippen LogP contribution >= 0.6 is 11.3 Å². The van der Waals surface area contributed by atoms with Gasteiger partial charge in [-0.15, -0.1) is 11.3 Å². The summed E-state index contributed by atoms with van der Waals surface area (Å²) in [5, 5.41) is 11.7. The second kappa shape index (κ2) is 9.33. The Labute approximate surface area is 200 Å². The number of carbonyl (C=O) groups is 2. The van der Waals surface area contributed by atoms with E-state index in [-0.39, 0.29) is 29.0 Å². The highest BCUT2D eigenvalue weighted by molar-refractivity contribution is 7.11. The molecule has 2 fully saturated rings. The Morgan fingerprint density at radius 1 is 1.15 bits per heavy atom. The molecule has 0 aliphatic carbocycles. The molecule has 1 unspecified atom stereocenters. The molecule has 2 saturated heterocycles. The first-order valence-electron chi connectivity index (χ1n) is 11.1. The Kier molecular flexibility index (Phi) is 6.09. The number of hydrogen-bond donors (Lipinski definition) is 0. The number of amides is 2. The van der Waals surface area contributed by atoms with Crippen LogP contribution in [0.2, 0.25) is 0 Å². The lowest BCUT2D eigenvalue weighted by Gasteiger charge is -2.37. The molecule has 2 amide bonds. The molecule has 3 heterocycles. The van der Waals surface area contributed by atoms with Crippen molar-refractivity contribution >= 4 is 28.8 Å². The predicted octanol–water partition coefficient (Wildman–Crippen LogP) is 3.38. The molecule has 0 N–H and O–H groups in total. The minimum Gasteiger partial charge on any atom is -0.334 e. The van der Waals surface area contributed by atoms with E-state index in [0.29, 0.717) is 55.4 Å². The summed E-state index contributed by atoms with van der Waals surface area (Å²) in [5.41, 5.74) is 1.76. The van der Waals surface area contributed by atoms with Crippen LogP contribution in [-0.2, 0) is 4.79 Å². The van der Waals surface area contributed by atoms with E-state index in [1.807, 2.05) is 17.0 Å². The zero-order chi connectivity index (χ0) is 23.7. The van der Waals surface area contributed by atoms with Gasteiger partial charge in [0.15, 0.2) is 5.01 Å². The highest BCUT2D eigenvalue weighted by atomic mass is 32.1. The van der Waals surface area contributed by atoms with E-state index in [4.69, 9.17) is 0 Å². The number of nitrogens with zero attached hydrogens (tertiary/aromatic N) is 5. The average molecular weight is 476 g/mol. The van der Waals surface area contributed by atoms with Gasteiger partial charge in [-0.1, -0.05) is 18.2 Å². The van der Waals surface area contributed by atoms with Crippen LogP contribution in [0.4, 0.5) is 10.1 Å². The second-order valence-electron chi connectivity index (χ2n) is 8.35. The molecule has 0 saturated carbocycles. The fraction of sp³-hybridized carbons (Fsp3) is 0.280. The molecule has 172 valence electrons. The number of hydrogen-bond acceptors (Lipinski definition) is 6. The highest BCUT2D eigenvalue weighted by Gasteiger charge is 2.36. The summed E-state index contributed by atoms with van der Waals surface area (Å²) in [7, 11) is 0. The molecular weight excluding hydrogens is 453 g/mol. The minimum absolute atomic E-state index is 0.0116. The molecule has 2 aliphatic heterocycles. The van der Waals surface area contributed by atoms with Crippen molar-refractivity contribution in [2.45, 2.75) is 12.5 Å².